The smallest absolute Gasteiger partial charge is 0.137 e. The molecule has 0 saturated carbocycles. The van der Waals surface area contributed by atoms with E-state index >= 15 is 0 Å². The zero-order valence-electron chi connectivity index (χ0n) is 9.82. The lowest BCUT2D eigenvalue weighted by Crippen LogP contribution is -2.32. The van der Waals surface area contributed by atoms with Crippen molar-refractivity contribution in [1.82, 2.24) is 5.32 Å². The van der Waals surface area contributed by atoms with Crippen molar-refractivity contribution in [3.8, 4) is 5.75 Å². The van der Waals surface area contributed by atoms with Gasteiger partial charge in [0.2, 0.25) is 0 Å². The van der Waals surface area contributed by atoms with Gasteiger partial charge >= 0.3 is 0 Å². The van der Waals surface area contributed by atoms with E-state index in [2.05, 4.69) is 10.2 Å². The van der Waals surface area contributed by atoms with Crippen LogP contribution in [0.25, 0.3) is 0 Å². The second-order valence-corrected chi connectivity index (χ2v) is 4.53. The number of hydrogen-bond donors (Lipinski definition) is 2. The molecule has 2 rings (SSSR count). The summed E-state index contributed by atoms with van der Waals surface area (Å²) < 4.78 is 5.12. The minimum atomic E-state index is -0.349. The van der Waals surface area contributed by atoms with Crippen molar-refractivity contribution in [2.24, 2.45) is 0 Å². The molecule has 1 saturated heterocycles. The Morgan fingerprint density at radius 1 is 1.53 bits per heavy atom. The van der Waals surface area contributed by atoms with Gasteiger partial charge in [0.25, 0.3) is 0 Å². The van der Waals surface area contributed by atoms with E-state index in [1.54, 1.807) is 7.11 Å². The molecule has 0 amide bonds. The van der Waals surface area contributed by atoms with Crippen LogP contribution in [0.15, 0.2) is 18.2 Å². The normalized spacial score (nSPS) is 21.1. The summed E-state index contributed by atoms with van der Waals surface area (Å²) >= 11 is 6.10. The summed E-state index contributed by atoms with van der Waals surface area (Å²) in [4.78, 5) is 2.12. The van der Waals surface area contributed by atoms with E-state index in [4.69, 9.17) is 16.3 Å². The van der Waals surface area contributed by atoms with Gasteiger partial charge in [0.05, 0.1) is 18.2 Å². The summed E-state index contributed by atoms with van der Waals surface area (Å²) in [5.41, 5.74) is 1.01. The number of benzene rings is 1. The Labute approximate surface area is 106 Å². The predicted molar refractivity (Wildman–Crippen MR) is 69.1 cm³/mol. The maximum atomic E-state index is 9.73. The van der Waals surface area contributed by atoms with E-state index in [1.165, 1.54) is 0 Å². The average molecular weight is 257 g/mol. The number of aliphatic hydroxyl groups excluding tert-OH is 1. The molecular weight excluding hydrogens is 240 g/mol. The zero-order chi connectivity index (χ0) is 12.3. The van der Waals surface area contributed by atoms with Crippen molar-refractivity contribution < 1.29 is 9.84 Å². The molecule has 1 aliphatic heterocycles. The van der Waals surface area contributed by atoms with Crippen molar-refractivity contribution in [2.75, 3.05) is 38.2 Å². The molecule has 17 heavy (non-hydrogen) atoms. The molecule has 4 nitrogen and oxygen atoms in total. The third-order valence-corrected chi connectivity index (χ3v) is 3.17. The van der Waals surface area contributed by atoms with Crippen LogP contribution >= 0.6 is 11.6 Å². The molecule has 1 heterocycles. The highest BCUT2D eigenvalue weighted by Gasteiger charge is 2.16. The van der Waals surface area contributed by atoms with Gasteiger partial charge in [0, 0.05) is 31.9 Å². The van der Waals surface area contributed by atoms with Crippen molar-refractivity contribution in [3.05, 3.63) is 23.2 Å². The Morgan fingerprint density at radius 2 is 2.35 bits per heavy atom. The van der Waals surface area contributed by atoms with Crippen LogP contribution in [-0.2, 0) is 0 Å². The van der Waals surface area contributed by atoms with Crippen molar-refractivity contribution >= 4 is 17.3 Å². The van der Waals surface area contributed by atoms with E-state index in [1.807, 2.05) is 18.2 Å². The summed E-state index contributed by atoms with van der Waals surface area (Å²) in [6, 6.07) is 5.68. The Morgan fingerprint density at radius 3 is 3.06 bits per heavy atom. The molecule has 5 heteroatoms. The largest absolute Gasteiger partial charge is 0.495 e. The highest BCUT2D eigenvalue weighted by Crippen LogP contribution is 2.29. The SMILES string of the molecule is COc1ccc(N2CCNCC(O)C2)cc1Cl. The van der Waals surface area contributed by atoms with Crippen LogP contribution in [0.3, 0.4) is 0 Å². The Hall–Kier alpha value is -0.970. The molecule has 1 aromatic carbocycles. The van der Waals surface area contributed by atoms with Crippen molar-refractivity contribution in [2.45, 2.75) is 6.10 Å². The first-order chi connectivity index (χ1) is 8.20. The number of ether oxygens (including phenoxy) is 1. The predicted octanol–water partition coefficient (Wildman–Crippen LogP) is 1.12. The molecule has 0 aliphatic carbocycles. The van der Waals surface area contributed by atoms with Gasteiger partial charge in [-0.3, -0.25) is 0 Å². The lowest BCUT2D eigenvalue weighted by molar-refractivity contribution is 0.185. The van der Waals surface area contributed by atoms with Crippen LogP contribution in [0.1, 0.15) is 0 Å². The summed E-state index contributed by atoms with van der Waals surface area (Å²) in [6.45, 7) is 2.98. The van der Waals surface area contributed by atoms with Crippen LogP contribution in [0.2, 0.25) is 5.02 Å². The molecule has 1 atom stereocenters. The molecule has 0 spiro atoms. The number of hydrogen-bond acceptors (Lipinski definition) is 4. The average Bonchev–Trinajstić information content (AvgIpc) is 2.54. The highest BCUT2D eigenvalue weighted by molar-refractivity contribution is 6.32. The fourth-order valence-electron chi connectivity index (χ4n) is 1.98. The zero-order valence-corrected chi connectivity index (χ0v) is 10.6. The summed E-state index contributed by atoms with van der Waals surface area (Å²) in [5.74, 6) is 0.670. The van der Waals surface area contributed by atoms with Crippen LogP contribution in [0, 0.1) is 0 Å². The molecular formula is C12H17ClN2O2. The van der Waals surface area contributed by atoms with Gasteiger partial charge in [0.1, 0.15) is 5.75 Å². The maximum absolute atomic E-state index is 9.73. The first kappa shape index (κ1) is 12.5. The van der Waals surface area contributed by atoms with Crippen LogP contribution in [0.4, 0.5) is 5.69 Å². The second kappa shape index (κ2) is 5.58. The molecule has 0 bridgehead atoms. The molecule has 1 aliphatic rings. The molecule has 1 aromatic rings. The third kappa shape index (κ3) is 3.03. The van der Waals surface area contributed by atoms with E-state index in [9.17, 15) is 5.11 Å². The number of anilines is 1. The molecule has 0 radical (unpaired) electrons. The van der Waals surface area contributed by atoms with E-state index in [0.29, 0.717) is 23.9 Å². The van der Waals surface area contributed by atoms with Crippen LogP contribution < -0.4 is 15.0 Å². The Balaban J connectivity index is 2.17. The van der Waals surface area contributed by atoms with Gasteiger partial charge in [-0.05, 0) is 18.2 Å². The number of aliphatic hydroxyl groups is 1. The summed E-state index contributed by atoms with van der Waals surface area (Å²) in [5, 5.41) is 13.5. The van der Waals surface area contributed by atoms with Crippen molar-refractivity contribution in [3.63, 3.8) is 0 Å². The highest BCUT2D eigenvalue weighted by atomic mass is 35.5. The number of halogens is 1. The molecule has 0 aromatic heterocycles. The fraction of sp³-hybridized carbons (Fsp3) is 0.500. The lowest BCUT2D eigenvalue weighted by Gasteiger charge is -2.24. The standard InChI is InChI=1S/C12H17ClN2O2/c1-17-12-3-2-9(6-11(12)13)15-5-4-14-7-10(16)8-15/h2-3,6,10,14,16H,4-5,7-8H2,1H3. The maximum Gasteiger partial charge on any atom is 0.137 e. The van der Waals surface area contributed by atoms with Crippen LogP contribution in [0.5, 0.6) is 5.75 Å². The topological polar surface area (TPSA) is 44.7 Å². The minimum absolute atomic E-state index is 0.349. The Kier molecular flexibility index (Phi) is 4.10. The summed E-state index contributed by atoms with van der Waals surface area (Å²) in [6.07, 6.45) is -0.349. The van der Waals surface area contributed by atoms with Gasteiger partial charge < -0.3 is 20.1 Å². The van der Waals surface area contributed by atoms with E-state index in [-0.39, 0.29) is 6.10 Å². The first-order valence-electron chi connectivity index (χ1n) is 5.68. The van der Waals surface area contributed by atoms with Gasteiger partial charge in [-0.2, -0.15) is 0 Å². The fourth-order valence-corrected chi connectivity index (χ4v) is 2.23. The molecule has 94 valence electrons. The monoisotopic (exact) mass is 256 g/mol. The minimum Gasteiger partial charge on any atom is -0.495 e. The van der Waals surface area contributed by atoms with Crippen molar-refractivity contribution in [1.29, 1.82) is 0 Å². The van der Waals surface area contributed by atoms with E-state index in [0.717, 1.165) is 18.8 Å². The van der Waals surface area contributed by atoms with Gasteiger partial charge in [-0.15, -0.1) is 0 Å². The number of β-amino-alcohol motifs (C(OH)–C–C–N with tert-alkyl or cyclic N) is 1. The van der Waals surface area contributed by atoms with Gasteiger partial charge in [-0.25, -0.2) is 0 Å². The van der Waals surface area contributed by atoms with Crippen LogP contribution in [-0.4, -0.2) is 44.5 Å². The number of rotatable bonds is 2. The third-order valence-electron chi connectivity index (χ3n) is 2.87. The van der Waals surface area contributed by atoms with Gasteiger partial charge in [-0.1, -0.05) is 11.6 Å². The first-order valence-corrected chi connectivity index (χ1v) is 6.06. The number of nitrogens with zero attached hydrogens (tertiary/aromatic N) is 1. The number of nitrogens with one attached hydrogen (secondary N) is 1. The summed E-state index contributed by atoms with van der Waals surface area (Å²) in [7, 11) is 1.60. The van der Waals surface area contributed by atoms with Gasteiger partial charge in [0.15, 0.2) is 0 Å². The molecule has 1 fully saturated rings. The second-order valence-electron chi connectivity index (χ2n) is 4.12. The quantitative estimate of drug-likeness (QED) is 0.833. The van der Waals surface area contributed by atoms with E-state index < -0.39 is 0 Å². The number of methoxy groups -OCH3 is 1. The Bertz CT molecular complexity index is 387. The molecule has 2 N–H and O–H groups in total. The lowest BCUT2D eigenvalue weighted by atomic mass is 10.2. The molecule has 1 unspecified atom stereocenters.